The average molecular weight is 426 g/mol. The zero-order chi connectivity index (χ0) is 22.7. The predicted octanol–water partition coefficient (Wildman–Crippen LogP) is 5.22. The molecule has 2 rings (SSSR count). The Morgan fingerprint density at radius 1 is 0.935 bits per heavy atom. The van der Waals surface area contributed by atoms with Crippen molar-refractivity contribution in [3.63, 3.8) is 0 Å². The minimum absolute atomic E-state index is 0.0897. The van der Waals surface area contributed by atoms with Crippen LogP contribution in [-0.4, -0.2) is 30.5 Å². The van der Waals surface area contributed by atoms with Crippen LogP contribution in [0, 0.1) is 0 Å². The second kappa shape index (κ2) is 12.0. The maximum absolute atomic E-state index is 12.3. The molecule has 0 unspecified atom stereocenters. The molecular formula is C25H35N3O3. The molecule has 0 spiro atoms. The first-order chi connectivity index (χ1) is 14.8. The molecule has 0 aliphatic heterocycles. The summed E-state index contributed by atoms with van der Waals surface area (Å²) in [5.74, 6) is 0.427. The molecule has 0 bridgehead atoms. The van der Waals surface area contributed by atoms with Gasteiger partial charge < -0.3 is 20.7 Å². The molecule has 31 heavy (non-hydrogen) atoms. The number of hydrogen-bond acceptors (Lipinski definition) is 4. The van der Waals surface area contributed by atoms with Gasteiger partial charge in [-0.25, -0.2) is 0 Å². The van der Waals surface area contributed by atoms with E-state index in [9.17, 15) is 9.59 Å². The predicted molar refractivity (Wildman–Crippen MR) is 127 cm³/mol. The topological polar surface area (TPSA) is 79.5 Å². The summed E-state index contributed by atoms with van der Waals surface area (Å²) in [7, 11) is 0. The summed E-state index contributed by atoms with van der Waals surface area (Å²) >= 11 is 0. The number of carbonyl (C=O) groups is 2. The van der Waals surface area contributed by atoms with Gasteiger partial charge in [0.2, 0.25) is 5.91 Å². The molecular weight excluding hydrogens is 390 g/mol. The number of amides is 2. The quantitative estimate of drug-likeness (QED) is 0.431. The molecule has 0 fully saturated rings. The Morgan fingerprint density at radius 2 is 1.68 bits per heavy atom. The molecule has 0 aromatic heterocycles. The summed E-state index contributed by atoms with van der Waals surface area (Å²) in [6, 6.07) is 14.5. The van der Waals surface area contributed by atoms with Gasteiger partial charge in [0.15, 0.2) is 0 Å². The van der Waals surface area contributed by atoms with Crippen molar-refractivity contribution in [2.45, 2.75) is 58.9 Å². The minimum Gasteiger partial charge on any atom is -0.494 e. The summed E-state index contributed by atoms with van der Waals surface area (Å²) in [6.45, 7) is 8.75. The average Bonchev–Trinajstić information content (AvgIpc) is 2.71. The Morgan fingerprint density at radius 3 is 2.42 bits per heavy atom. The number of benzene rings is 2. The van der Waals surface area contributed by atoms with E-state index in [1.54, 1.807) is 18.2 Å². The fourth-order valence-corrected chi connectivity index (χ4v) is 2.95. The van der Waals surface area contributed by atoms with Crippen molar-refractivity contribution in [1.29, 1.82) is 0 Å². The van der Waals surface area contributed by atoms with Crippen molar-refractivity contribution in [2.24, 2.45) is 0 Å². The van der Waals surface area contributed by atoms with Crippen molar-refractivity contribution < 1.29 is 14.3 Å². The van der Waals surface area contributed by atoms with Crippen LogP contribution in [0.15, 0.2) is 48.5 Å². The van der Waals surface area contributed by atoms with Gasteiger partial charge in [-0.3, -0.25) is 9.59 Å². The molecule has 3 N–H and O–H groups in total. The van der Waals surface area contributed by atoms with Gasteiger partial charge in [-0.15, -0.1) is 0 Å². The highest BCUT2D eigenvalue weighted by Crippen LogP contribution is 2.18. The summed E-state index contributed by atoms with van der Waals surface area (Å²) in [4.78, 5) is 24.7. The van der Waals surface area contributed by atoms with Crippen LogP contribution in [0.25, 0.3) is 0 Å². The fourth-order valence-electron chi connectivity index (χ4n) is 2.95. The molecule has 168 valence electrons. The molecule has 0 saturated heterocycles. The van der Waals surface area contributed by atoms with E-state index in [4.69, 9.17) is 4.74 Å². The highest BCUT2D eigenvalue weighted by Gasteiger charge is 2.15. The number of anilines is 2. The molecule has 2 aromatic carbocycles. The maximum atomic E-state index is 12.3. The van der Waals surface area contributed by atoms with Gasteiger partial charge in [0.05, 0.1) is 13.2 Å². The van der Waals surface area contributed by atoms with Gasteiger partial charge in [0.25, 0.3) is 5.91 Å². The Hall–Kier alpha value is -3.02. The Labute approximate surface area is 185 Å². The molecule has 0 atom stereocenters. The third kappa shape index (κ3) is 9.55. The highest BCUT2D eigenvalue weighted by molar-refractivity contribution is 5.96. The lowest BCUT2D eigenvalue weighted by molar-refractivity contribution is -0.114. The van der Waals surface area contributed by atoms with Crippen LogP contribution in [-0.2, 0) is 4.79 Å². The zero-order valence-electron chi connectivity index (χ0n) is 19.1. The van der Waals surface area contributed by atoms with E-state index in [0.717, 1.165) is 18.6 Å². The molecule has 0 heterocycles. The summed E-state index contributed by atoms with van der Waals surface area (Å²) in [5.41, 5.74) is 1.63. The van der Waals surface area contributed by atoms with Crippen molar-refractivity contribution in [3.8, 4) is 5.75 Å². The van der Waals surface area contributed by atoms with Gasteiger partial charge in [-0.2, -0.15) is 0 Å². The van der Waals surface area contributed by atoms with Crippen LogP contribution in [0.2, 0.25) is 0 Å². The Bertz CT molecular complexity index is 859. The molecule has 0 aliphatic rings. The molecule has 6 nitrogen and oxygen atoms in total. The van der Waals surface area contributed by atoms with Gasteiger partial charge in [0.1, 0.15) is 5.75 Å². The monoisotopic (exact) mass is 425 g/mol. The number of hydrogen-bond donors (Lipinski definition) is 3. The van der Waals surface area contributed by atoms with E-state index in [-0.39, 0.29) is 23.9 Å². The summed E-state index contributed by atoms with van der Waals surface area (Å²) in [6.07, 6.45) is 4.61. The van der Waals surface area contributed by atoms with Crippen molar-refractivity contribution in [1.82, 2.24) is 5.32 Å². The van der Waals surface area contributed by atoms with E-state index in [2.05, 4.69) is 22.9 Å². The normalized spacial score (nSPS) is 11.0. The maximum Gasteiger partial charge on any atom is 0.251 e. The van der Waals surface area contributed by atoms with Gasteiger partial charge in [0, 0.05) is 28.5 Å². The van der Waals surface area contributed by atoms with Gasteiger partial charge >= 0.3 is 0 Å². The molecule has 0 aliphatic carbocycles. The van der Waals surface area contributed by atoms with Gasteiger partial charge in [-0.05, 0) is 57.5 Å². The summed E-state index contributed by atoms with van der Waals surface area (Å²) < 4.78 is 5.77. The Kier molecular flexibility index (Phi) is 9.38. The van der Waals surface area contributed by atoms with Crippen LogP contribution in [0.4, 0.5) is 11.4 Å². The van der Waals surface area contributed by atoms with E-state index in [0.29, 0.717) is 23.5 Å². The fraction of sp³-hybridized carbons (Fsp3) is 0.440. The van der Waals surface area contributed by atoms with Crippen molar-refractivity contribution in [2.75, 3.05) is 23.8 Å². The lowest BCUT2D eigenvalue weighted by atomic mass is 10.1. The zero-order valence-corrected chi connectivity index (χ0v) is 19.1. The first-order valence-corrected chi connectivity index (χ1v) is 11.0. The SMILES string of the molecule is CCCCCCOc1cccc(NC(=O)CNc2cccc(C(=O)NC(C)(C)C)c2)c1. The molecule has 6 heteroatoms. The number of carbonyl (C=O) groups excluding carboxylic acids is 2. The van der Waals surface area contributed by atoms with E-state index < -0.39 is 0 Å². The highest BCUT2D eigenvalue weighted by atomic mass is 16.5. The number of ether oxygens (including phenoxy) is 1. The van der Waals surface area contributed by atoms with Gasteiger partial charge in [-0.1, -0.05) is 38.3 Å². The van der Waals surface area contributed by atoms with E-state index in [1.807, 2.05) is 51.1 Å². The second-order valence-corrected chi connectivity index (χ2v) is 8.62. The first-order valence-electron chi connectivity index (χ1n) is 11.0. The van der Waals surface area contributed by atoms with Crippen LogP contribution in [0.3, 0.4) is 0 Å². The lowest BCUT2D eigenvalue weighted by Gasteiger charge is -2.20. The van der Waals surface area contributed by atoms with E-state index >= 15 is 0 Å². The van der Waals surface area contributed by atoms with Crippen molar-refractivity contribution >= 4 is 23.2 Å². The minimum atomic E-state index is -0.311. The molecule has 2 amide bonds. The third-order valence-corrected chi connectivity index (χ3v) is 4.45. The smallest absolute Gasteiger partial charge is 0.251 e. The van der Waals surface area contributed by atoms with Crippen LogP contribution < -0.4 is 20.7 Å². The van der Waals surface area contributed by atoms with Crippen LogP contribution >= 0.6 is 0 Å². The van der Waals surface area contributed by atoms with Crippen LogP contribution in [0.5, 0.6) is 5.75 Å². The molecule has 0 saturated carbocycles. The van der Waals surface area contributed by atoms with Crippen LogP contribution in [0.1, 0.15) is 63.7 Å². The summed E-state index contributed by atoms with van der Waals surface area (Å²) in [5, 5.41) is 8.87. The standard InChI is InChI=1S/C25H35N3O3/c1-5-6-7-8-15-31-22-14-10-13-21(17-22)27-23(29)18-26-20-12-9-11-19(16-20)24(30)28-25(2,3)4/h9-14,16-17,26H,5-8,15,18H2,1-4H3,(H,27,29)(H,28,30). The number of unbranched alkanes of at least 4 members (excludes halogenated alkanes) is 3. The van der Waals surface area contributed by atoms with E-state index in [1.165, 1.54) is 12.8 Å². The molecule has 2 aromatic rings. The first kappa shape index (κ1) is 24.3. The number of rotatable bonds is 11. The second-order valence-electron chi connectivity index (χ2n) is 8.62. The number of nitrogens with one attached hydrogen (secondary N) is 3. The largest absolute Gasteiger partial charge is 0.494 e. The Balaban J connectivity index is 1.83. The van der Waals surface area contributed by atoms with Crippen molar-refractivity contribution in [3.05, 3.63) is 54.1 Å². The molecule has 0 radical (unpaired) electrons. The lowest BCUT2D eigenvalue weighted by Crippen LogP contribution is -2.40. The third-order valence-electron chi connectivity index (χ3n) is 4.45.